The third-order valence-electron chi connectivity index (χ3n) is 4.09. The number of rotatable bonds is 3. The highest BCUT2D eigenvalue weighted by Crippen LogP contribution is 2.26. The number of carbonyl (C=O) groups excluding carboxylic acids is 1. The fourth-order valence-corrected chi connectivity index (χ4v) is 3.38. The second kappa shape index (κ2) is 7.41. The lowest BCUT2D eigenvalue weighted by Gasteiger charge is -2.36. The van der Waals surface area contributed by atoms with Crippen molar-refractivity contribution in [2.24, 2.45) is 0 Å². The summed E-state index contributed by atoms with van der Waals surface area (Å²) in [7, 11) is 0. The molecule has 0 spiro atoms. The second-order valence-corrected chi connectivity index (χ2v) is 6.68. The van der Waals surface area contributed by atoms with Gasteiger partial charge in [-0.2, -0.15) is 0 Å². The van der Waals surface area contributed by atoms with Crippen molar-refractivity contribution < 1.29 is 9.18 Å². The van der Waals surface area contributed by atoms with Gasteiger partial charge < -0.3 is 9.80 Å². The van der Waals surface area contributed by atoms with E-state index >= 15 is 0 Å². The average molecular weight is 367 g/mol. The van der Waals surface area contributed by atoms with Crippen molar-refractivity contribution in [3.8, 4) is 0 Å². The predicted molar refractivity (Wildman–Crippen MR) is 95.4 cm³/mol. The van der Waals surface area contributed by atoms with E-state index in [0.717, 1.165) is 5.69 Å². The van der Waals surface area contributed by atoms with Gasteiger partial charge in [0.1, 0.15) is 5.82 Å². The summed E-state index contributed by atoms with van der Waals surface area (Å²) < 4.78 is 13.2. The molecule has 1 fully saturated rings. The molecule has 0 radical (unpaired) electrons. The number of nitrogens with zero attached hydrogens (tertiary/aromatic N) is 2. The van der Waals surface area contributed by atoms with E-state index < -0.39 is 0 Å². The van der Waals surface area contributed by atoms with Crippen molar-refractivity contribution in [2.75, 3.05) is 31.1 Å². The fraction of sp³-hybridized carbons (Fsp3) is 0.278. The van der Waals surface area contributed by atoms with Crippen LogP contribution in [0, 0.1) is 5.82 Å². The Bertz CT molecular complexity index is 725. The Hall–Kier alpha value is -1.78. The van der Waals surface area contributed by atoms with Gasteiger partial charge in [0.2, 0.25) is 5.91 Å². The first-order chi connectivity index (χ1) is 11.5. The first kappa shape index (κ1) is 17.1. The van der Waals surface area contributed by atoms with Gasteiger partial charge in [0.25, 0.3) is 0 Å². The van der Waals surface area contributed by atoms with E-state index in [-0.39, 0.29) is 18.1 Å². The maximum atomic E-state index is 13.2. The van der Waals surface area contributed by atoms with Crippen molar-refractivity contribution in [1.29, 1.82) is 0 Å². The molecule has 0 saturated carbocycles. The van der Waals surface area contributed by atoms with Crippen molar-refractivity contribution in [3.63, 3.8) is 0 Å². The number of anilines is 1. The number of piperazine rings is 1. The highest BCUT2D eigenvalue weighted by atomic mass is 35.5. The lowest BCUT2D eigenvalue weighted by molar-refractivity contribution is -0.130. The van der Waals surface area contributed by atoms with Crippen LogP contribution in [-0.4, -0.2) is 37.0 Å². The molecule has 1 saturated heterocycles. The van der Waals surface area contributed by atoms with Gasteiger partial charge in [0, 0.05) is 41.9 Å². The molecule has 126 valence electrons. The van der Waals surface area contributed by atoms with Crippen molar-refractivity contribution in [1.82, 2.24) is 4.90 Å². The van der Waals surface area contributed by atoms with Crippen LogP contribution in [0.4, 0.5) is 10.1 Å². The molecule has 24 heavy (non-hydrogen) atoms. The Morgan fingerprint density at radius 1 is 1.00 bits per heavy atom. The SMILES string of the molecule is O=C(Cc1cccc(F)c1)N1CCN(c2cc(Cl)cc(Cl)c2)CC1. The van der Waals surface area contributed by atoms with Crippen LogP contribution in [0.15, 0.2) is 42.5 Å². The first-order valence-electron chi connectivity index (χ1n) is 7.74. The van der Waals surface area contributed by atoms with Gasteiger partial charge in [-0.1, -0.05) is 35.3 Å². The molecule has 3 rings (SSSR count). The Balaban J connectivity index is 1.59. The largest absolute Gasteiger partial charge is 0.368 e. The van der Waals surface area contributed by atoms with Crippen molar-refractivity contribution in [3.05, 3.63) is 63.9 Å². The predicted octanol–water partition coefficient (Wildman–Crippen LogP) is 4.02. The Labute approximate surface area is 150 Å². The van der Waals surface area contributed by atoms with Gasteiger partial charge >= 0.3 is 0 Å². The maximum Gasteiger partial charge on any atom is 0.227 e. The monoisotopic (exact) mass is 366 g/mol. The minimum absolute atomic E-state index is 0.0179. The number of carbonyl (C=O) groups is 1. The Kier molecular flexibility index (Phi) is 5.27. The molecule has 1 heterocycles. The van der Waals surface area contributed by atoms with E-state index in [1.165, 1.54) is 12.1 Å². The van der Waals surface area contributed by atoms with Crippen LogP contribution < -0.4 is 4.90 Å². The number of amides is 1. The lowest BCUT2D eigenvalue weighted by Crippen LogP contribution is -2.49. The molecule has 0 atom stereocenters. The summed E-state index contributed by atoms with van der Waals surface area (Å²) >= 11 is 12.1. The van der Waals surface area contributed by atoms with E-state index in [4.69, 9.17) is 23.2 Å². The molecule has 1 aliphatic rings. The van der Waals surface area contributed by atoms with Crippen LogP contribution in [0.3, 0.4) is 0 Å². The molecular formula is C18H17Cl2FN2O. The average Bonchev–Trinajstić information content (AvgIpc) is 2.54. The van der Waals surface area contributed by atoms with Crippen LogP contribution in [0.2, 0.25) is 10.0 Å². The van der Waals surface area contributed by atoms with Crippen LogP contribution in [0.5, 0.6) is 0 Å². The van der Waals surface area contributed by atoms with Gasteiger partial charge in [-0.3, -0.25) is 4.79 Å². The van der Waals surface area contributed by atoms with Crippen molar-refractivity contribution >= 4 is 34.8 Å². The zero-order valence-corrected chi connectivity index (χ0v) is 14.5. The molecule has 0 N–H and O–H groups in total. The third kappa shape index (κ3) is 4.19. The van der Waals surface area contributed by atoms with Crippen LogP contribution in [-0.2, 0) is 11.2 Å². The Morgan fingerprint density at radius 3 is 2.29 bits per heavy atom. The van der Waals surface area contributed by atoms with E-state index in [1.807, 2.05) is 17.0 Å². The fourth-order valence-electron chi connectivity index (χ4n) is 2.87. The molecule has 2 aromatic carbocycles. The molecule has 0 unspecified atom stereocenters. The van der Waals surface area contributed by atoms with Gasteiger partial charge in [0.15, 0.2) is 0 Å². The second-order valence-electron chi connectivity index (χ2n) is 5.80. The zero-order valence-electron chi connectivity index (χ0n) is 13.0. The number of benzene rings is 2. The van der Waals surface area contributed by atoms with Crippen LogP contribution in [0.25, 0.3) is 0 Å². The summed E-state index contributed by atoms with van der Waals surface area (Å²) in [5, 5.41) is 1.20. The van der Waals surface area contributed by atoms with Gasteiger partial charge in [-0.25, -0.2) is 4.39 Å². The highest BCUT2D eigenvalue weighted by Gasteiger charge is 2.21. The quantitative estimate of drug-likeness (QED) is 0.818. The number of halogens is 3. The minimum Gasteiger partial charge on any atom is -0.368 e. The minimum atomic E-state index is -0.317. The van der Waals surface area contributed by atoms with Gasteiger partial charge in [-0.15, -0.1) is 0 Å². The van der Waals surface area contributed by atoms with E-state index in [1.54, 1.807) is 18.2 Å². The highest BCUT2D eigenvalue weighted by molar-refractivity contribution is 6.35. The molecule has 0 aromatic heterocycles. The molecule has 1 amide bonds. The molecular weight excluding hydrogens is 350 g/mol. The van der Waals surface area contributed by atoms with Gasteiger partial charge in [0.05, 0.1) is 6.42 Å². The molecule has 1 aliphatic heterocycles. The maximum absolute atomic E-state index is 13.2. The third-order valence-corrected chi connectivity index (χ3v) is 4.53. The normalized spacial score (nSPS) is 14.8. The molecule has 0 bridgehead atoms. The van der Waals surface area contributed by atoms with Crippen LogP contribution >= 0.6 is 23.2 Å². The number of hydrogen-bond acceptors (Lipinski definition) is 2. The molecule has 0 aliphatic carbocycles. The molecule has 2 aromatic rings. The summed E-state index contributed by atoms with van der Waals surface area (Å²) in [6.07, 6.45) is 0.223. The Morgan fingerprint density at radius 2 is 1.67 bits per heavy atom. The summed E-state index contributed by atoms with van der Waals surface area (Å²) in [5.41, 5.74) is 1.66. The summed E-state index contributed by atoms with van der Waals surface area (Å²) in [4.78, 5) is 16.3. The first-order valence-corrected chi connectivity index (χ1v) is 8.50. The molecule has 3 nitrogen and oxygen atoms in total. The van der Waals surface area contributed by atoms with Crippen molar-refractivity contribution in [2.45, 2.75) is 6.42 Å². The zero-order chi connectivity index (χ0) is 17.1. The van der Waals surface area contributed by atoms with E-state index in [9.17, 15) is 9.18 Å². The summed E-state index contributed by atoms with van der Waals surface area (Å²) in [6.45, 7) is 2.67. The topological polar surface area (TPSA) is 23.6 Å². The van der Waals surface area contributed by atoms with E-state index in [2.05, 4.69) is 4.90 Å². The van der Waals surface area contributed by atoms with E-state index in [0.29, 0.717) is 41.8 Å². The smallest absolute Gasteiger partial charge is 0.227 e. The summed E-state index contributed by atoms with van der Waals surface area (Å²) in [6, 6.07) is 11.6. The van der Waals surface area contributed by atoms with Gasteiger partial charge in [-0.05, 0) is 35.9 Å². The molecule has 6 heteroatoms. The lowest BCUT2D eigenvalue weighted by atomic mass is 10.1. The standard InChI is InChI=1S/C18H17Cl2FN2O/c19-14-10-15(20)12-17(11-14)22-4-6-23(7-5-22)18(24)9-13-2-1-3-16(21)8-13/h1-3,8,10-12H,4-7,9H2. The van der Waals surface area contributed by atoms with Crippen LogP contribution in [0.1, 0.15) is 5.56 Å². The summed E-state index contributed by atoms with van der Waals surface area (Å²) in [5.74, 6) is -0.299. The number of hydrogen-bond donors (Lipinski definition) is 0.